The number of aromatic nitrogens is 3. The molecule has 0 saturated heterocycles. The minimum absolute atomic E-state index is 0.247. The SMILES string of the molecule is CCCCCCSc1nn2c(=O)cc(O)nc2s1. The van der Waals surface area contributed by atoms with Crippen LogP contribution in [-0.2, 0) is 0 Å². The molecule has 2 heterocycles. The van der Waals surface area contributed by atoms with Gasteiger partial charge in [0.15, 0.2) is 4.34 Å². The minimum Gasteiger partial charge on any atom is -0.493 e. The molecule has 0 aromatic carbocycles. The van der Waals surface area contributed by atoms with Crippen LogP contribution in [0.3, 0.4) is 0 Å². The summed E-state index contributed by atoms with van der Waals surface area (Å²) in [4.78, 5) is 15.8. The Morgan fingerprint density at radius 1 is 1.44 bits per heavy atom. The lowest BCUT2D eigenvalue weighted by Crippen LogP contribution is -2.12. The van der Waals surface area contributed by atoms with Gasteiger partial charge in [-0.05, 0) is 6.42 Å². The van der Waals surface area contributed by atoms with Crippen LogP contribution < -0.4 is 5.56 Å². The van der Waals surface area contributed by atoms with Crippen LogP contribution in [-0.4, -0.2) is 25.5 Å². The molecule has 0 aliphatic carbocycles. The normalized spacial score (nSPS) is 11.2. The molecule has 0 fully saturated rings. The average molecular weight is 285 g/mol. The van der Waals surface area contributed by atoms with Gasteiger partial charge in [0.2, 0.25) is 10.8 Å². The van der Waals surface area contributed by atoms with Gasteiger partial charge < -0.3 is 5.11 Å². The standard InChI is InChI=1S/C11H15N3O2S2/c1-2-3-4-5-6-17-11-13-14-9(16)7-8(15)12-10(14)18-11/h7,15H,2-6H2,1H3. The van der Waals surface area contributed by atoms with E-state index in [4.69, 9.17) is 0 Å². The van der Waals surface area contributed by atoms with Crippen LogP contribution in [0.2, 0.25) is 0 Å². The first kappa shape index (κ1) is 13.4. The molecular formula is C11H15N3O2S2. The Morgan fingerprint density at radius 3 is 3.06 bits per heavy atom. The van der Waals surface area contributed by atoms with Crippen molar-refractivity contribution in [2.24, 2.45) is 0 Å². The largest absolute Gasteiger partial charge is 0.493 e. The van der Waals surface area contributed by atoms with Gasteiger partial charge in [-0.25, -0.2) is 0 Å². The number of unbranched alkanes of at least 4 members (excludes halogenated alkanes) is 3. The molecule has 0 aliphatic rings. The molecule has 98 valence electrons. The molecule has 2 rings (SSSR count). The Bertz CT molecular complexity index is 579. The molecule has 0 saturated carbocycles. The van der Waals surface area contributed by atoms with Crippen LogP contribution in [0.5, 0.6) is 5.88 Å². The number of aromatic hydroxyl groups is 1. The highest BCUT2D eigenvalue weighted by atomic mass is 32.2. The maximum Gasteiger partial charge on any atom is 0.279 e. The highest BCUT2D eigenvalue weighted by Crippen LogP contribution is 2.24. The Labute approximate surface area is 113 Å². The minimum atomic E-state index is -0.341. The molecule has 0 aliphatic heterocycles. The first-order chi connectivity index (χ1) is 8.70. The van der Waals surface area contributed by atoms with Gasteiger partial charge in [-0.15, -0.1) is 5.10 Å². The van der Waals surface area contributed by atoms with Crippen molar-refractivity contribution in [3.8, 4) is 5.88 Å². The number of nitrogens with zero attached hydrogens (tertiary/aromatic N) is 3. The van der Waals surface area contributed by atoms with Crippen LogP contribution in [0, 0.1) is 0 Å². The number of thioether (sulfide) groups is 1. The molecular weight excluding hydrogens is 270 g/mol. The maximum atomic E-state index is 11.5. The lowest BCUT2D eigenvalue weighted by molar-refractivity contribution is 0.452. The summed E-state index contributed by atoms with van der Waals surface area (Å²) in [5.74, 6) is 0.753. The molecule has 0 spiro atoms. The van der Waals surface area contributed by atoms with Gasteiger partial charge in [0.1, 0.15) is 0 Å². The number of rotatable bonds is 6. The second-order valence-corrected chi connectivity index (χ2v) is 6.22. The molecule has 2 aromatic rings. The first-order valence-electron chi connectivity index (χ1n) is 5.93. The first-order valence-corrected chi connectivity index (χ1v) is 7.73. The molecule has 18 heavy (non-hydrogen) atoms. The maximum absolute atomic E-state index is 11.5. The van der Waals surface area contributed by atoms with Crippen molar-refractivity contribution < 1.29 is 5.11 Å². The fraction of sp³-hybridized carbons (Fsp3) is 0.545. The summed E-state index contributed by atoms with van der Waals surface area (Å²) in [6, 6.07) is 1.07. The van der Waals surface area contributed by atoms with Gasteiger partial charge in [0, 0.05) is 5.75 Å². The fourth-order valence-electron chi connectivity index (χ4n) is 1.53. The molecule has 0 atom stereocenters. The Balaban J connectivity index is 2.02. The van der Waals surface area contributed by atoms with E-state index in [-0.39, 0.29) is 11.4 Å². The zero-order valence-corrected chi connectivity index (χ0v) is 11.8. The zero-order chi connectivity index (χ0) is 13.0. The zero-order valence-electron chi connectivity index (χ0n) is 10.1. The summed E-state index contributed by atoms with van der Waals surface area (Å²) < 4.78 is 2.06. The quantitative estimate of drug-likeness (QED) is 0.652. The van der Waals surface area contributed by atoms with Crippen LogP contribution in [0.1, 0.15) is 32.6 Å². The van der Waals surface area contributed by atoms with Crippen LogP contribution >= 0.6 is 23.1 Å². The van der Waals surface area contributed by atoms with Crippen molar-refractivity contribution in [3.63, 3.8) is 0 Å². The summed E-state index contributed by atoms with van der Waals surface area (Å²) in [7, 11) is 0. The van der Waals surface area contributed by atoms with E-state index in [0.717, 1.165) is 22.6 Å². The second-order valence-electron chi connectivity index (χ2n) is 3.92. The lowest BCUT2D eigenvalue weighted by atomic mass is 10.2. The smallest absolute Gasteiger partial charge is 0.279 e. The average Bonchev–Trinajstić information content (AvgIpc) is 2.72. The molecule has 0 amide bonds. The molecule has 0 bridgehead atoms. The van der Waals surface area contributed by atoms with Crippen LogP contribution in [0.25, 0.3) is 4.96 Å². The number of fused-ring (bicyclic) bond motifs is 1. The Morgan fingerprint density at radius 2 is 2.28 bits per heavy atom. The van der Waals surface area contributed by atoms with Gasteiger partial charge in [0.25, 0.3) is 5.56 Å². The topological polar surface area (TPSA) is 67.5 Å². The van der Waals surface area contributed by atoms with E-state index in [1.54, 1.807) is 11.8 Å². The van der Waals surface area contributed by atoms with Gasteiger partial charge in [-0.3, -0.25) is 4.79 Å². The van der Waals surface area contributed by atoms with E-state index in [2.05, 4.69) is 17.0 Å². The van der Waals surface area contributed by atoms with Crippen molar-refractivity contribution in [2.75, 3.05) is 5.75 Å². The highest BCUT2D eigenvalue weighted by Gasteiger charge is 2.08. The third kappa shape index (κ3) is 3.23. The van der Waals surface area contributed by atoms with Crippen molar-refractivity contribution in [1.82, 2.24) is 14.6 Å². The highest BCUT2D eigenvalue weighted by molar-refractivity contribution is 8.01. The molecule has 0 radical (unpaired) electrons. The van der Waals surface area contributed by atoms with E-state index in [9.17, 15) is 9.90 Å². The molecule has 1 N–H and O–H groups in total. The monoisotopic (exact) mass is 285 g/mol. The van der Waals surface area contributed by atoms with Crippen molar-refractivity contribution in [1.29, 1.82) is 0 Å². The van der Waals surface area contributed by atoms with Crippen molar-refractivity contribution in [3.05, 3.63) is 16.4 Å². The van der Waals surface area contributed by atoms with Gasteiger partial charge in [-0.2, -0.15) is 9.50 Å². The Hall–Kier alpha value is -1.08. The number of hydrogen-bond donors (Lipinski definition) is 1. The summed E-state index contributed by atoms with van der Waals surface area (Å²) in [6.07, 6.45) is 4.87. The summed E-state index contributed by atoms with van der Waals surface area (Å²) in [6.45, 7) is 2.19. The third-order valence-electron chi connectivity index (χ3n) is 2.44. The van der Waals surface area contributed by atoms with E-state index >= 15 is 0 Å². The lowest BCUT2D eigenvalue weighted by Gasteiger charge is -1.96. The van der Waals surface area contributed by atoms with E-state index in [1.807, 2.05) is 0 Å². The van der Waals surface area contributed by atoms with Crippen LogP contribution in [0.15, 0.2) is 15.2 Å². The molecule has 5 nitrogen and oxygen atoms in total. The summed E-state index contributed by atoms with van der Waals surface area (Å²) in [5, 5.41) is 13.4. The second kappa shape index (κ2) is 6.19. The van der Waals surface area contributed by atoms with Gasteiger partial charge in [-0.1, -0.05) is 49.3 Å². The predicted molar refractivity (Wildman–Crippen MR) is 73.7 cm³/mol. The van der Waals surface area contributed by atoms with E-state index in [1.165, 1.54) is 35.1 Å². The molecule has 2 aromatic heterocycles. The summed E-state index contributed by atoms with van der Waals surface area (Å²) >= 11 is 2.97. The van der Waals surface area contributed by atoms with Gasteiger partial charge in [0.05, 0.1) is 6.07 Å². The molecule has 7 heteroatoms. The van der Waals surface area contributed by atoms with E-state index < -0.39 is 0 Å². The van der Waals surface area contributed by atoms with Crippen LogP contribution in [0.4, 0.5) is 0 Å². The summed E-state index contributed by atoms with van der Waals surface area (Å²) in [5.41, 5.74) is -0.341. The number of hydrogen-bond acceptors (Lipinski definition) is 6. The van der Waals surface area contributed by atoms with E-state index in [0.29, 0.717) is 4.96 Å². The van der Waals surface area contributed by atoms with Gasteiger partial charge >= 0.3 is 0 Å². The van der Waals surface area contributed by atoms with Crippen molar-refractivity contribution in [2.45, 2.75) is 36.9 Å². The third-order valence-corrected chi connectivity index (χ3v) is 4.56. The predicted octanol–water partition coefficient (Wildman–Crippen LogP) is 2.53. The molecule has 0 unspecified atom stereocenters. The Kier molecular flexibility index (Phi) is 4.60. The fourth-order valence-corrected chi connectivity index (χ4v) is 3.54. The van der Waals surface area contributed by atoms with Crippen molar-refractivity contribution >= 4 is 28.1 Å².